The first-order valence-electron chi connectivity index (χ1n) is 7.19. The summed E-state index contributed by atoms with van der Waals surface area (Å²) in [5.41, 5.74) is 2.59. The molecule has 1 atom stereocenters. The number of benzene rings is 1. The smallest absolute Gasteiger partial charge is 0.339 e. The first-order valence-corrected chi connectivity index (χ1v) is 7.19. The number of H-pyrrole nitrogens is 1. The molecule has 0 saturated heterocycles. The lowest BCUT2D eigenvalue weighted by Gasteiger charge is -2.14. The molecule has 0 radical (unpaired) electrons. The van der Waals surface area contributed by atoms with Crippen LogP contribution in [-0.4, -0.2) is 24.0 Å². The van der Waals surface area contributed by atoms with Crippen LogP contribution in [0.4, 0.5) is 4.39 Å². The summed E-state index contributed by atoms with van der Waals surface area (Å²) in [7, 11) is 1.30. The van der Waals surface area contributed by atoms with E-state index >= 15 is 0 Å². The lowest BCUT2D eigenvalue weighted by molar-refractivity contribution is 0.0599. The number of aromatic amines is 1. The molecule has 0 spiro atoms. The van der Waals surface area contributed by atoms with E-state index in [-0.39, 0.29) is 17.8 Å². The van der Waals surface area contributed by atoms with Gasteiger partial charge in [0.1, 0.15) is 11.5 Å². The Kier molecular flexibility index (Phi) is 4.83. The number of hydrogen-bond acceptors (Lipinski definition) is 3. The van der Waals surface area contributed by atoms with Crippen molar-refractivity contribution in [3.63, 3.8) is 0 Å². The number of aryl methyl sites for hydroxylation is 1. The molecular formula is C17H19FN2O3. The molecule has 1 heterocycles. The Balaban J connectivity index is 2.21. The minimum absolute atomic E-state index is 0.298. The maximum absolute atomic E-state index is 13.0. The van der Waals surface area contributed by atoms with Crippen molar-refractivity contribution in [2.75, 3.05) is 7.11 Å². The summed E-state index contributed by atoms with van der Waals surface area (Å²) in [5, 5.41) is 2.83. The van der Waals surface area contributed by atoms with Gasteiger partial charge in [-0.2, -0.15) is 0 Å². The minimum Gasteiger partial charge on any atom is -0.465 e. The third-order valence-corrected chi connectivity index (χ3v) is 3.77. The van der Waals surface area contributed by atoms with Crippen LogP contribution in [0.3, 0.4) is 0 Å². The van der Waals surface area contributed by atoms with E-state index in [0.29, 0.717) is 22.5 Å². The van der Waals surface area contributed by atoms with Gasteiger partial charge in [-0.1, -0.05) is 12.1 Å². The van der Waals surface area contributed by atoms with E-state index in [1.54, 1.807) is 32.9 Å². The van der Waals surface area contributed by atoms with Crippen molar-refractivity contribution in [2.45, 2.75) is 26.8 Å². The van der Waals surface area contributed by atoms with Crippen molar-refractivity contribution in [3.8, 4) is 0 Å². The number of esters is 1. The van der Waals surface area contributed by atoms with Gasteiger partial charge in [0.05, 0.1) is 18.7 Å². The first-order chi connectivity index (χ1) is 10.8. The van der Waals surface area contributed by atoms with E-state index in [9.17, 15) is 14.0 Å². The molecule has 1 aromatic carbocycles. The van der Waals surface area contributed by atoms with E-state index in [2.05, 4.69) is 10.3 Å². The molecule has 23 heavy (non-hydrogen) atoms. The molecule has 0 saturated carbocycles. The number of carbonyl (C=O) groups excluding carboxylic acids is 2. The monoisotopic (exact) mass is 318 g/mol. The summed E-state index contributed by atoms with van der Waals surface area (Å²) in [6.45, 7) is 5.20. The molecule has 0 aliphatic heterocycles. The summed E-state index contributed by atoms with van der Waals surface area (Å²) in [6, 6.07) is 5.63. The van der Waals surface area contributed by atoms with Crippen molar-refractivity contribution in [3.05, 3.63) is 58.2 Å². The molecule has 1 aromatic heterocycles. The molecule has 6 heteroatoms. The highest BCUT2D eigenvalue weighted by Gasteiger charge is 2.23. The second-order valence-electron chi connectivity index (χ2n) is 5.36. The lowest BCUT2D eigenvalue weighted by atomic mass is 10.1. The molecule has 2 aromatic rings. The van der Waals surface area contributed by atoms with Crippen LogP contribution in [0.25, 0.3) is 0 Å². The first kappa shape index (κ1) is 16.7. The summed E-state index contributed by atoms with van der Waals surface area (Å²) < 4.78 is 17.7. The fraction of sp³-hybridized carbons (Fsp3) is 0.294. The number of aromatic nitrogens is 1. The van der Waals surface area contributed by atoms with Crippen LogP contribution in [0.2, 0.25) is 0 Å². The number of carbonyl (C=O) groups is 2. The average molecular weight is 318 g/mol. The molecule has 0 aliphatic rings. The van der Waals surface area contributed by atoms with Crippen LogP contribution in [0.15, 0.2) is 24.3 Å². The van der Waals surface area contributed by atoms with Crippen LogP contribution in [0.1, 0.15) is 50.6 Å². The molecule has 1 unspecified atom stereocenters. The zero-order valence-corrected chi connectivity index (χ0v) is 13.5. The maximum Gasteiger partial charge on any atom is 0.339 e. The Hall–Kier alpha value is -2.63. The second kappa shape index (κ2) is 6.64. The fourth-order valence-corrected chi connectivity index (χ4v) is 2.49. The number of amides is 1. The summed E-state index contributed by atoms with van der Waals surface area (Å²) in [5.74, 6) is -1.15. The Morgan fingerprint density at radius 3 is 2.39 bits per heavy atom. The third-order valence-electron chi connectivity index (χ3n) is 3.77. The van der Waals surface area contributed by atoms with E-state index in [0.717, 1.165) is 5.56 Å². The van der Waals surface area contributed by atoms with Gasteiger partial charge in [-0.25, -0.2) is 9.18 Å². The summed E-state index contributed by atoms with van der Waals surface area (Å²) >= 11 is 0. The standard InChI is InChI=1S/C17H19FN2O3/c1-9-14(17(22)23-4)11(3)19-15(9)16(21)20-10(2)12-5-7-13(18)8-6-12/h5-8,10,19H,1-4H3,(H,20,21). The van der Waals surface area contributed by atoms with Crippen molar-refractivity contribution in [1.82, 2.24) is 10.3 Å². The molecule has 2 N–H and O–H groups in total. The molecule has 5 nitrogen and oxygen atoms in total. The highest BCUT2D eigenvalue weighted by Crippen LogP contribution is 2.20. The van der Waals surface area contributed by atoms with Gasteiger partial charge in [-0.3, -0.25) is 4.79 Å². The van der Waals surface area contributed by atoms with Crippen LogP contribution >= 0.6 is 0 Å². The third kappa shape index (κ3) is 3.41. The number of ether oxygens (including phenoxy) is 1. The van der Waals surface area contributed by atoms with Crippen molar-refractivity contribution < 1.29 is 18.7 Å². The van der Waals surface area contributed by atoms with E-state index in [1.165, 1.54) is 19.2 Å². The van der Waals surface area contributed by atoms with Crippen LogP contribution in [0.5, 0.6) is 0 Å². The number of nitrogens with one attached hydrogen (secondary N) is 2. The lowest BCUT2D eigenvalue weighted by Crippen LogP contribution is -2.27. The van der Waals surface area contributed by atoms with Gasteiger partial charge in [-0.05, 0) is 44.0 Å². The van der Waals surface area contributed by atoms with Crippen LogP contribution in [0, 0.1) is 19.7 Å². The second-order valence-corrected chi connectivity index (χ2v) is 5.36. The quantitative estimate of drug-likeness (QED) is 0.851. The summed E-state index contributed by atoms with van der Waals surface area (Å²) in [4.78, 5) is 27.1. The number of methoxy groups -OCH3 is 1. The number of hydrogen-bond donors (Lipinski definition) is 2. The normalized spacial score (nSPS) is 11.9. The highest BCUT2D eigenvalue weighted by atomic mass is 19.1. The van der Waals surface area contributed by atoms with Crippen molar-refractivity contribution in [1.29, 1.82) is 0 Å². The topological polar surface area (TPSA) is 71.2 Å². The Bertz CT molecular complexity index is 735. The SMILES string of the molecule is COC(=O)c1c(C)[nH]c(C(=O)NC(C)c2ccc(F)cc2)c1C. The van der Waals surface area contributed by atoms with E-state index in [4.69, 9.17) is 4.74 Å². The minimum atomic E-state index is -0.484. The van der Waals surface area contributed by atoms with Gasteiger partial charge in [-0.15, -0.1) is 0 Å². The highest BCUT2D eigenvalue weighted by molar-refractivity contribution is 6.00. The predicted octanol–water partition coefficient (Wildman–Crippen LogP) is 3.05. The molecule has 0 fully saturated rings. The molecule has 0 aliphatic carbocycles. The molecule has 2 rings (SSSR count). The number of rotatable bonds is 4. The van der Waals surface area contributed by atoms with Crippen molar-refractivity contribution in [2.24, 2.45) is 0 Å². The van der Waals surface area contributed by atoms with Gasteiger partial charge < -0.3 is 15.0 Å². The van der Waals surface area contributed by atoms with Crippen molar-refractivity contribution >= 4 is 11.9 Å². The number of halogens is 1. The van der Waals surface area contributed by atoms with Gasteiger partial charge >= 0.3 is 5.97 Å². The van der Waals surface area contributed by atoms with Gasteiger partial charge in [0.25, 0.3) is 5.91 Å². The zero-order valence-electron chi connectivity index (χ0n) is 13.5. The summed E-state index contributed by atoms with van der Waals surface area (Å²) in [6.07, 6.45) is 0. The van der Waals surface area contributed by atoms with E-state index in [1.807, 2.05) is 0 Å². The fourth-order valence-electron chi connectivity index (χ4n) is 2.49. The van der Waals surface area contributed by atoms with Crippen LogP contribution < -0.4 is 5.32 Å². The maximum atomic E-state index is 13.0. The average Bonchev–Trinajstić information content (AvgIpc) is 2.82. The van der Waals surface area contributed by atoms with Gasteiger partial charge in [0.2, 0.25) is 0 Å². The Morgan fingerprint density at radius 2 is 1.83 bits per heavy atom. The molecule has 1 amide bonds. The largest absolute Gasteiger partial charge is 0.465 e. The predicted molar refractivity (Wildman–Crippen MR) is 83.9 cm³/mol. The van der Waals surface area contributed by atoms with Crippen LogP contribution in [-0.2, 0) is 4.74 Å². The Morgan fingerprint density at radius 1 is 1.22 bits per heavy atom. The zero-order chi connectivity index (χ0) is 17.1. The molecular weight excluding hydrogens is 299 g/mol. The van der Waals surface area contributed by atoms with E-state index < -0.39 is 5.97 Å². The molecule has 0 bridgehead atoms. The molecule has 122 valence electrons. The Labute approximate surface area is 133 Å². The van der Waals surface area contributed by atoms with Gasteiger partial charge in [0, 0.05) is 5.69 Å². The van der Waals surface area contributed by atoms with Gasteiger partial charge in [0.15, 0.2) is 0 Å².